The van der Waals surface area contributed by atoms with Crippen LogP contribution < -0.4 is 10.6 Å². The minimum atomic E-state index is -0.178. The molecule has 0 saturated carbocycles. The van der Waals surface area contributed by atoms with Gasteiger partial charge in [0.1, 0.15) is 5.69 Å². The molecule has 2 aliphatic rings. The summed E-state index contributed by atoms with van der Waals surface area (Å²) in [4.78, 5) is 40.6. The van der Waals surface area contributed by atoms with Gasteiger partial charge in [-0.2, -0.15) is 0 Å². The first-order valence-electron chi connectivity index (χ1n) is 15.4. The summed E-state index contributed by atoms with van der Waals surface area (Å²) < 4.78 is 0. The van der Waals surface area contributed by atoms with Crippen molar-refractivity contribution in [3.05, 3.63) is 59.9 Å². The van der Waals surface area contributed by atoms with Crippen LogP contribution in [0.1, 0.15) is 46.5 Å². The summed E-state index contributed by atoms with van der Waals surface area (Å²) in [5.74, 6) is -0.291. The van der Waals surface area contributed by atoms with Crippen molar-refractivity contribution in [3.63, 3.8) is 0 Å². The molecule has 2 fully saturated rings. The van der Waals surface area contributed by atoms with Crippen LogP contribution in [0, 0.1) is 6.07 Å². The molecular weight excluding hydrogens is 526 g/mol. The first-order chi connectivity index (χ1) is 20.6. The molecule has 0 aliphatic carbocycles. The van der Waals surface area contributed by atoms with E-state index in [0.717, 1.165) is 91.7 Å². The van der Waals surface area contributed by atoms with Crippen LogP contribution in [0.4, 0.5) is 0 Å². The van der Waals surface area contributed by atoms with E-state index in [2.05, 4.69) is 54.5 Å². The number of fused-ring (bicyclic) bond motifs is 2. The van der Waals surface area contributed by atoms with E-state index in [4.69, 9.17) is 0 Å². The van der Waals surface area contributed by atoms with Gasteiger partial charge in [0.05, 0.1) is 0 Å². The highest BCUT2D eigenvalue weighted by Crippen LogP contribution is 2.37. The molecule has 42 heavy (non-hydrogen) atoms. The zero-order valence-corrected chi connectivity index (χ0v) is 24.6. The number of amides is 2. The third-order valence-electron chi connectivity index (χ3n) is 8.74. The van der Waals surface area contributed by atoms with Crippen molar-refractivity contribution in [3.8, 4) is 11.1 Å². The predicted octanol–water partition coefficient (Wildman–Crippen LogP) is 3.70. The molecule has 2 aromatic carbocycles. The second-order valence-electron chi connectivity index (χ2n) is 11.7. The molecule has 221 valence electrons. The number of nitrogens with one attached hydrogen (secondary N) is 4. The number of benzene rings is 2. The minimum absolute atomic E-state index is 0.113. The lowest BCUT2D eigenvalue weighted by Crippen LogP contribution is -2.45. The Morgan fingerprint density at radius 2 is 1.60 bits per heavy atom. The van der Waals surface area contributed by atoms with Gasteiger partial charge in [-0.15, -0.1) is 0 Å². The molecule has 4 heterocycles. The number of piperidine rings is 1. The van der Waals surface area contributed by atoms with Crippen LogP contribution in [0.2, 0.25) is 0 Å². The number of piperazine rings is 1. The van der Waals surface area contributed by atoms with Gasteiger partial charge in [-0.25, -0.2) is 0 Å². The molecule has 4 N–H and O–H groups in total. The number of carbonyl (C=O) groups excluding carboxylic acids is 2. The molecule has 2 aliphatic heterocycles. The Morgan fingerprint density at radius 1 is 0.833 bits per heavy atom. The fourth-order valence-corrected chi connectivity index (χ4v) is 6.26. The number of carbonyl (C=O) groups is 2. The number of H-pyrrole nitrogens is 2. The van der Waals surface area contributed by atoms with E-state index in [-0.39, 0.29) is 11.8 Å². The van der Waals surface area contributed by atoms with Gasteiger partial charge in [-0.3, -0.25) is 9.59 Å². The van der Waals surface area contributed by atoms with Crippen molar-refractivity contribution >= 4 is 33.6 Å². The molecule has 0 unspecified atom stereocenters. The molecular formula is C33H42N7O2. The summed E-state index contributed by atoms with van der Waals surface area (Å²) in [6.45, 7) is 9.56. The Morgan fingerprint density at radius 3 is 2.43 bits per heavy atom. The van der Waals surface area contributed by atoms with Gasteiger partial charge in [-0.05, 0) is 64.1 Å². The van der Waals surface area contributed by atoms with Crippen LogP contribution in [0.15, 0.2) is 42.6 Å². The summed E-state index contributed by atoms with van der Waals surface area (Å²) >= 11 is 0. The number of nitrogens with zero attached hydrogens (tertiary/aromatic N) is 3. The Labute approximate surface area is 247 Å². The summed E-state index contributed by atoms with van der Waals surface area (Å²) in [6, 6.07) is 15.1. The topological polar surface area (TPSA) is 99.5 Å². The Kier molecular flexibility index (Phi) is 8.88. The SMILES string of the molecule is CN1CCN(CCCNC(=O)c2ccc3[nH]c(C(=O)NCCN4CCCCC4)[c]c3c2-c2c[nH]c3ccccc23)CC1. The first kappa shape index (κ1) is 28.5. The number of hydrogen-bond acceptors (Lipinski definition) is 5. The zero-order chi connectivity index (χ0) is 28.9. The maximum Gasteiger partial charge on any atom is 0.268 e. The molecule has 0 spiro atoms. The lowest BCUT2D eigenvalue weighted by molar-refractivity contribution is 0.0937. The van der Waals surface area contributed by atoms with E-state index >= 15 is 0 Å². The molecule has 0 bridgehead atoms. The normalized spacial score (nSPS) is 17.2. The highest BCUT2D eigenvalue weighted by molar-refractivity contribution is 6.14. The van der Waals surface area contributed by atoms with E-state index in [0.29, 0.717) is 24.3 Å². The number of likely N-dealkylation sites (tertiary alicyclic amines) is 1. The van der Waals surface area contributed by atoms with Crippen molar-refractivity contribution in [1.82, 2.24) is 35.3 Å². The van der Waals surface area contributed by atoms with Gasteiger partial charge in [0.15, 0.2) is 0 Å². The lowest BCUT2D eigenvalue weighted by atomic mass is 9.95. The number of aromatic nitrogens is 2. The number of rotatable bonds is 10. The molecule has 2 aromatic heterocycles. The van der Waals surface area contributed by atoms with Crippen molar-refractivity contribution in [1.29, 1.82) is 0 Å². The number of hydrogen-bond donors (Lipinski definition) is 4. The van der Waals surface area contributed by atoms with Crippen molar-refractivity contribution in [2.45, 2.75) is 25.7 Å². The fraction of sp³-hybridized carbons (Fsp3) is 0.455. The van der Waals surface area contributed by atoms with E-state index in [9.17, 15) is 9.59 Å². The molecule has 0 atom stereocenters. The van der Waals surface area contributed by atoms with Crippen LogP contribution in [0.3, 0.4) is 0 Å². The fourth-order valence-electron chi connectivity index (χ4n) is 6.26. The number of aromatic amines is 2. The van der Waals surface area contributed by atoms with Crippen LogP contribution in [0.25, 0.3) is 32.9 Å². The Bertz CT molecular complexity index is 1530. The largest absolute Gasteiger partial charge is 0.361 e. The monoisotopic (exact) mass is 568 g/mol. The average molecular weight is 569 g/mol. The lowest BCUT2D eigenvalue weighted by Gasteiger charge is -2.32. The summed E-state index contributed by atoms with van der Waals surface area (Å²) in [5.41, 5.74) is 4.45. The van der Waals surface area contributed by atoms with E-state index in [1.807, 2.05) is 36.5 Å². The van der Waals surface area contributed by atoms with Crippen molar-refractivity contribution in [2.24, 2.45) is 0 Å². The highest BCUT2D eigenvalue weighted by atomic mass is 16.2. The second kappa shape index (κ2) is 13.1. The molecule has 6 rings (SSSR count). The summed E-state index contributed by atoms with van der Waals surface area (Å²) in [6.07, 6.45) is 6.60. The van der Waals surface area contributed by atoms with Crippen LogP contribution in [-0.4, -0.2) is 109 Å². The van der Waals surface area contributed by atoms with Gasteiger partial charge in [0.25, 0.3) is 11.8 Å². The third-order valence-corrected chi connectivity index (χ3v) is 8.74. The molecule has 9 nitrogen and oxygen atoms in total. The Balaban J connectivity index is 1.21. The first-order valence-corrected chi connectivity index (χ1v) is 15.4. The van der Waals surface area contributed by atoms with Crippen molar-refractivity contribution < 1.29 is 9.59 Å². The van der Waals surface area contributed by atoms with Gasteiger partial charge in [0, 0.05) is 96.6 Å². The molecule has 2 amide bonds. The van der Waals surface area contributed by atoms with E-state index < -0.39 is 0 Å². The van der Waals surface area contributed by atoms with E-state index in [1.165, 1.54) is 19.3 Å². The molecule has 9 heteroatoms. The number of likely N-dealkylation sites (N-methyl/N-ethyl adjacent to an activating group) is 1. The highest BCUT2D eigenvalue weighted by Gasteiger charge is 2.22. The molecule has 1 radical (unpaired) electrons. The second-order valence-corrected chi connectivity index (χ2v) is 11.7. The van der Waals surface area contributed by atoms with Crippen LogP contribution in [0.5, 0.6) is 0 Å². The Hall–Kier alpha value is -3.66. The molecule has 4 aromatic rings. The summed E-state index contributed by atoms with van der Waals surface area (Å²) in [7, 11) is 2.16. The average Bonchev–Trinajstić information content (AvgIpc) is 3.65. The predicted molar refractivity (Wildman–Crippen MR) is 168 cm³/mol. The smallest absolute Gasteiger partial charge is 0.268 e. The quantitative estimate of drug-likeness (QED) is 0.219. The maximum atomic E-state index is 13.6. The minimum Gasteiger partial charge on any atom is -0.361 e. The third kappa shape index (κ3) is 6.38. The van der Waals surface area contributed by atoms with Gasteiger partial charge in [-0.1, -0.05) is 24.6 Å². The van der Waals surface area contributed by atoms with Crippen LogP contribution in [-0.2, 0) is 0 Å². The maximum absolute atomic E-state index is 13.6. The zero-order valence-electron chi connectivity index (χ0n) is 24.6. The molecule has 2 saturated heterocycles. The van der Waals surface area contributed by atoms with Gasteiger partial charge in [0.2, 0.25) is 0 Å². The summed E-state index contributed by atoms with van der Waals surface area (Å²) in [5, 5.41) is 7.98. The standard InChI is InChI=1S/C33H42N7O2/c1-38-18-20-40(21-19-38)16-7-12-34-32(41)25-10-11-29-26(31(25)27-23-36-28-9-4-3-8-24(27)28)22-30(37-29)33(42)35-13-17-39-14-5-2-6-15-39/h3-4,8-11,23,36-37H,2,5-7,12-21H2,1H3,(H,34,41)(H,35,42). The van der Waals surface area contributed by atoms with Crippen LogP contribution >= 0.6 is 0 Å². The van der Waals surface area contributed by atoms with Gasteiger partial charge < -0.3 is 35.3 Å². The van der Waals surface area contributed by atoms with E-state index in [1.54, 1.807) is 0 Å². The number of para-hydroxylation sites is 1. The van der Waals surface area contributed by atoms with Gasteiger partial charge >= 0.3 is 0 Å². The van der Waals surface area contributed by atoms with Crippen molar-refractivity contribution in [2.75, 3.05) is 72.5 Å².